The largest absolute Gasteiger partial charge is 0.389 e. The number of hydrogen-bond acceptors (Lipinski definition) is 5. The van der Waals surface area contributed by atoms with Gasteiger partial charge in [-0.25, -0.2) is 9.97 Å². The Morgan fingerprint density at radius 1 is 1.30 bits per heavy atom. The molecular formula is C14H18N4S2. The van der Waals surface area contributed by atoms with E-state index in [0.717, 1.165) is 46.3 Å². The maximum absolute atomic E-state index is 5.79. The third-order valence-electron chi connectivity index (χ3n) is 2.89. The van der Waals surface area contributed by atoms with Crippen molar-refractivity contribution in [2.75, 3.05) is 11.9 Å². The van der Waals surface area contributed by atoms with Crippen molar-refractivity contribution in [3.63, 3.8) is 0 Å². The first-order valence-electron chi connectivity index (χ1n) is 6.40. The monoisotopic (exact) mass is 306 g/mol. The summed E-state index contributed by atoms with van der Waals surface area (Å²) in [6.45, 7) is 6.73. The lowest BCUT2D eigenvalue weighted by Crippen LogP contribution is -2.18. The zero-order valence-electron chi connectivity index (χ0n) is 11.9. The van der Waals surface area contributed by atoms with Gasteiger partial charge in [0.2, 0.25) is 0 Å². The highest BCUT2D eigenvalue weighted by Gasteiger charge is 2.11. The predicted molar refractivity (Wildman–Crippen MR) is 88.6 cm³/mol. The second-order valence-corrected chi connectivity index (χ2v) is 6.11. The molecule has 0 amide bonds. The number of anilines is 1. The van der Waals surface area contributed by atoms with Gasteiger partial charge in [0.15, 0.2) is 0 Å². The minimum Gasteiger partial charge on any atom is -0.389 e. The molecule has 4 nitrogen and oxygen atoms in total. The van der Waals surface area contributed by atoms with Crippen LogP contribution in [0.15, 0.2) is 11.4 Å². The molecule has 0 unspecified atom stereocenters. The lowest BCUT2D eigenvalue weighted by atomic mass is 10.1. The lowest BCUT2D eigenvalue weighted by molar-refractivity contribution is 0.972. The molecule has 2 aromatic rings. The van der Waals surface area contributed by atoms with Crippen molar-refractivity contribution in [3.8, 4) is 0 Å². The van der Waals surface area contributed by atoms with Crippen LogP contribution < -0.4 is 11.1 Å². The van der Waals surface area contributed by atoms with Gasteiger partial charge in [-0.15, -0.1) is 11.3 Å². The molecule has 106 valence electrons. The predicted octanol–water partition coefficient (Wildman–Crippen LogP) is 2.75. The number of nitrogens with one attached hydrogen (secondary N) is 1. The van der Waals surface area contributed by atoms with Crippen LogP contribution in [0.25, 0.3) is 0 Å². The third-order valence-corrected chi connectivity index (χ3v) is 4.12. The number of hydrogen-bond donors (Lipinski definition) is 2. The lowest BCUT2D eigenvalue weighted by Gasteiger charge is -2.13. The molecule has 0 atom stereocenters. The van der Waals surface area contributed by atoms with Gasteiger partial charge in [0.25, 0.3) is 0 Å². The molecule has 3 N–H and O–H groups in total. The minimum atomic E-state index is 0.377. The maximum Gasteiger partial charge on any atom is 0.136 e. The standard InChI is InChI=1S/C14H18N4S2/c1-8-6-9(2)18-14(12(8)13(15)19)16-5-4-11-17-10(3)7-20-11/h6-7H,4-5H2,1-3H3,(H2,15,19)(H,16,18). The number of aryl methyl sites for hydroxylation is 3. The van der Waals surface area contributed by atoms with Crippen LogP contribution in [-0.4, -0.2) is 21.5 Å². The number of nitrogens with zero attached hydrogens (tertiary/aromatic N) is 2. The molecule has 0 aromatic carbocycles. The van der Waals surface area contributed by atoms with E-state index in [1.165, 1.54) is 0 Å². The van der Waals surface area contributed by atoms with Gasteiger partial charge in [0.1, 0.15) is 10.8 Å². The molecule has 20 heavy (non-hydrogen) atoms. The van der Waals surface area contributed by atoms with Gasteiger partial charge in [-0.3, -0.25) is 0 Å². The fourth-order valence-corrected chi connectivity index (χ4v) is 3.11. The SMILES string of the molecule is Cc1csc(CCNc2nc(C)cc(C)c2C(N)=S)n1. The summed E-state index contributed by atoms with van der Waals surface area (Å²) in [5, 5.41) is 6.50. The third kappa shape index (κ3) is 3.52. The van der Waals surface area contributed by atoms with E-state index in [4.69, 9.17) is 18.0 Å². The minimum absolute atomic E-state index is 0.377. The summed E-state index contributed by atoms with van der Waals surface area (Å²) in [7, 11) is 0. The summed E-state index contributed by atoms with van der Waals surface area (Å²) in [6, 6.07) is 1.99. The van der Waals surface area contributed by atoms with E-state index in [1.54, 1.807) is 11.3 Å². The Morgan fingerprint density at radius 2 is 2.05 bits per heavy atom. The average Bonchev–Trinajstić information content (AvgIpc) is 2.73. The Balaban J connectivity index is 2.10. The Kier molecular flexibility index (Phi) is 4.67. The van der Waals surface area contributed by atoms with Crippen molar-refractivity contribution >= 4 is 34.4 Å². The Morgan fingerprint density at radius 3 is 2.65 bits per heavy atom. The van der Waals surface area contributed by atoms with Crippen LogP contribution in [-0.2, 0) is 6.42 Å². The molecule has 0 spiro atoms. The fourth-order valence-electron chi connectivity index (χ4n) is 2.08. The second-order valence-electron chi connectivity index (χ2n) is 4.73. The molecule has 2 heterocycles. The highest BCUT2D eigenvalue weighted by molar-refractivity contribution is 7.80. The number of aromatic nitrogens is 2. The van der Waals surface area contributed by atoms with Gasteiger partial charge in [0.05, 0.1) is 10.6 Å². The van der Waals surface area contributed by atoms with E-state index < -0.39 is 0 Å². The molecule has 0 radical (unpaired) electrons. The number of rotatable bonds is 5. The molecule has 2 aromatic heterocycles. The molecule has 0 aliphatic heterocycles. The van der Waals surface area contributed by atoms with Gasteiger partial charge in [-0.2, -0.15) is 0 Å². The summed E-state index contributed by atoms with van der Waals surface area (Å²) in [6.07, 6.45) is 0.865. The molecule has 0 saturated carbocycles. The molecule has 2 rings (SSSR count). The van der Waals surface area contributed by atoms with Crippen LogP contribution in [0.1, 0.15) is 27.5 Å². The quantitative estimate of drug-likeness (QED) is 0.832. The summed E-state index contributed by atoms with van der Waals surface area (Å²) in [5.74, 6) is 0.767. The highest BCUT2D eigenvalue weighted by atomic mass is 32.1. The summed E-state index contributed by atoms with van der Waals surface area (Å²) in [5.41, 5.74) is 9.70. The molecule has 0 saturated heterocycles. The van der Waals surface area contributed by atoms with Crippen molar-refractivity contribution < 1.29 is 0 Å². The summed E-state index contributed by atoms with van der Waals surface area (Å²) >= 11 is 6.79. The number of thiocarbonyl (C=S) groups is 1. The molecular weight excluding hydrogens is 288 g/mol. The van der Waals surface area contributed by atoms with Crippen molar-refractivity contribution in [2.45, 2.75) is 27.2 Å². The van der Waals surface area contributed by atoms with E-state index >= 15 is 0 Å². The zero-order valence-corrected chi connectivity index (χ0v) is 13.5. The fraction of sp³-hybridized carbons (Fsp3) is 0.357. The smallest absolute Gasteiger partial charge is 0.136 e. The van der Waals surface area contributed by atoms with E-state index in [1.807, 2.05) is 26.8 Å². The van der Waals surface area contributed by atoms with Gasteiger partial charge < -0.3 is 11.1 Å². The van der Waals surface area contributed by atoms with Crippen molar-refractivity contribution in [1.82, 2.24) is 9.97 Å². The second kappa shape index (κ2) is 6.28. The van der Waals surface area contributed by atoms with E-state index in [2.05, 4.69) is 20.7 Å². The Hall–Kier alpha value is -1.53. The first-order valence-corrected chi connectivity index (χ1v) is 7.69. The van der Waals surface area contributed by atoms with Gasteiger partial charge in [-0.1, -0.05) is 12.2 Å². The number of nitrogens with two attached hydrogens (primary N) is 1. The van der Waals surface area contributed by atoms with Crippen LogP contribution in [0, 0.1) is 20.8 Å². The average molecular weight is 306 g/mol. The normalized spacial score (nSPS) is 10.6. The summed E-state index contributed by atoms with van der Waals surface area (Å²) in [4.78, 5) is 9.32. The van der Waals surface area contributed by atoms with E-state index in [0.29, 0.717) is 4.99 Å². The Labute approximate surface area is 128 Å². The van der Waals surface area contributed by atoms with Crippen molar-refractivity contribution in [2.24, 2.45) is 5.73 Å². The first kappa shape index (κ1) is 14.9. The Bertz CT molecular complexity index is 634. The van der Waals surface area contributed by atoms with Gasteiger partial charge in [0, 0.05) is 29.7 Å². The molecule has 0 aliphatic rings. The van der Waals surface area contributed by atoms with Crippen LogP contribution in [0.2, 0.25) is 0 Å². The number of thiazole rings is 1. The zero-order chi connectivity index (χ0) is 14.7. The van der Waals surface area contributed by atoms with Crippen LogP contribution >= 0.6 is 23.6 Å². The highest BCUT2D eigenvalue weighted by Crippen LogP contribution is 2.19. The topological polar surface area (TPSA) is 63.8 Å². The summed E-state index contributed by atoms with van der Waals surface area (Å²) < 4.78 is 0. The van der Waals surface area contributed by atoms with Crippen molar-refractivity contribution in [3.05, 3.63) is 39.0 Å². The van der Waals surface area contributed by atoms with Gasteiger partial charge in [-0.05, 0) is 32.4 Å². The van der Waals surface area contributed by atoms with E-state index in [9.17, 15) is 0 Å². The van der Waals surface area contributed by atoms with Crippen LogP contribution in [0.4, 0.5) is 5.82 Å². The molecule has 0 fully saturated rings. The number of pyridine rings is 1. The molecule has 6 heteroatoms. The van der Waals surface area contributed by atoms with Crippen LogP contribution in [0.3, 0.4) is 0 Å². The maximum atomic E-state index is 5.79. The molecule has 0 aliphatic carbocycles. The van der Waals surface area contributed by atoms with E-state index in [-0.39, 0.29) is 0 Å². The van der Waals surface area contributed by atoms with Crippen LogP contribution in [0.5, 0.6) is 0 Å². The first-order chi connectivity index (χ1) is 9.47. The van der Waals surface area contributed by atoms with Crippen molar-refractivity contribution in [1.29, 1.82) is 0 Å². The molecule has 0 bridgehead atoms. The van der Waals surface area contributed by atoms with Gasteiger partial charge >= 0.3 is 0 Å².